The molecule has 5 atom stereocenters. The molecule has 1 aliphatic heterocycles. The van der Waals surface area contributed by atoms with Gasteiger partial charge < -0.3 is 25.3 Å². The van der Waals surface area contributed by atoms with Crippen LogP contribution < -0.4 is 15.8 Å². The highest BCUT2D eigenvalue weighted by Crippen LogP contribution is 2.35. The largest absolute Gasteiger partial charge is 0.474 e. The number of ether oxygens (including phenoxy) is 3. The van der Waals surface area contributed by atoms with E-state index in [1.165, 1.54) is 6.26 Å². The van der Waals surface area contributed by atoms with E-state index in [0.29, 0.717) is 40.6 Å². The van der Waals surface area contributed by atoms with Crippen LogP contribution in [0.4, 0.5) is 11.6 Å². The third-order valence-electron chi connectivity index (χ3n) is 7.33. The average molecular weight is 572 g/mol. The maximum absolute atomic E-state index is 12.3. The number of hydrogen-bond donors (Lipinski definition) is 2. The lowest BCUT2D eigenvalue weighted by atomic mass is 9.91. The van der Waals surface area contributed by atoms with E-state index < -0.39 is 26.7 Å². The number of fused-ring (bicyclic) bond motifs is 2. The van der Waals surface area contributed by atoms with Crippen LogP contribution in [-0.4, -0.2) is 66.8 Å². The standard InChI is InChI=1S/C28H37N5O6S/c1-15(10-16(2)40(7,35)36)38-26-21-12-30-24(11-20(21)22(13-31-26)28(5,29)14-37-6)32-23-9-8-19-25(33-23)17(3)18(4)39-27(19)34/h8-9,11-13,15-18H,10,14,29H2,1-7H3,(H,30,32,33)/t15-,16-,17+,18+,28-/m1/s1. The van der Waals surface area contributed by atoms with Crippen molar-refractivity contribution in [1.29, 1.82) is 0 Å². The molecule has 40 heavy (non-hydrogen) atoms. The van der Waals surface area contributed by atoms with Gasteiger partial charge >= 0.3 is 5.97 Å². The molecule has 1 aliphatic rings. The number of esters is 1. The lowest BCUT2D eigenvalue weighted by Gasteiger charge is -2.27. The van der Waals surface area contributed by atoms with Crippen LogP contribution in [0.5, 0.6) is 5.88 Å². The third-order valence-corrected chi connectivity index (χ3v) is 8.99. The van der Waals surface area contributed by atoms with E-state index in [-0.39, 0.29) is 24.6 Å². The number of pyridine rings is 3. The summed E-state index contributed by atoms with van der Waals surface area (Å²) in [6, 6.07) is 5.25. The molecule has 3 N–H and O–H groups in total. The van der Waals surface area contributed by atoms with Gasteiger partial charge in [-0.2, -0.15) is 0 Å². The van der Waals surface area contributed by atoms with Gasteiger partial charge in [0.1, 0.15) is 27.6 Å². The van der Waals surface area contributed by atoms with Crippen molar-refractivity contribution in [2.45, 2.75) is 70.0 Å². The van der Waals surface area contributed by atoms with Crippen molar-refractivity contribution in [1.82, 2.24) is 15.0 Å². The Hall–Kier alpha value is -3.35. The van der Waals surface area contributed by atoms with Gasteiger partial charge in [0, 0.05) is 43.7 Å². The van der Waals surface area contributed by atoms with E-state index in [2.05, 4.69) is 15.3 Å². The number of nitrogens with one attached hydrogen (secondary N) is 1. The number of sulfone groups is 1. The molecule has 12 heteroatoms. The second-order valence-corrected chi connectivity index (χ2v) is 13.4. The zero-order valence-corrected chi connectivity index (χ0v) is 24.7. The topological polar surface area (TPSA) is 156 Å². The summed E-state index contributed by atoms with van der Waals surface area (Å²) in [5.74, 6) is 0.920. The second-order valence-electron chi connectivity index (χ2n) is 10.9. The van der Waals surface area contributed by atoms with Gasteiger partial charge in [0.2, 0.25) is 5.88 Å². The number of methoxy groups -OCH3 is 1. The highest BCUT2D eigenvalue weighted by Gasteiger charge is 2.32. The Morgan fingerprint density at radius 1 is 1.15 bits per heavy atom. The first-order valence-electron chi connectivity index (χ1n) is 13.1. The molecule has 0 saturated carbocycles. The predicted octanol–water partition coefficient (Wildman–Crippen LogP) is 3.84. The van der Waals surface area contributed by atoms with Crippen LogP contribution in [0.2, 0.25) is 0 Å². The van der Waals surface area contributed by atoms with E-state index >= 15 is 0 Å². The minimum atomic E-state index is -3.20. The summed E-state index contributed by atoms with van der Waals surface area (Å²) in [6.07, 6.45) is 4.12. The first-order valence-corrected chi connectivity index (χ1v) is 15.1. The highest BCUT2D eigenvalue weighted by molar-refractivity contribution is 7.91. The first-order chi connectivity index (χ1) is 18.7. The molecule has 0 aliphatic carbocycles. The Balaban J connectivity index is 1.72. The SMILES string of the molecule is COC[C@@](C)(N)c1cnc(O[C@H](C)C[C@@H](C)S(C)(=O)=O)c2cnc(Nc3ccc4c(n3)[C@@H](C)[C@H](C)OC4=O)cc12. The number of aromatic nitrogens is 3. The minimum absolute atomic E-state index is 0.0595. The summed E-state index contributed by atoms with van der Waals surface area (Å²) >= 11 is 0. The number of carbonyl (C=O) groups excluding carboxylic acids is 1. The number of hydrogen-bond acceptors (Lipinski definition) is 11. The maximum Gasteiger partial charge on any atom is 0.340 e. The van der Waals surface area contributed by atoms with Crippen LogP contribution in [0.15, 0.2) is 30.6 Å². The molecule has 0 radical (unpaired) electrons. The van der Waals surface area contributed by atoms with Crippen molar-refractivity contribution < 1.29 is 27.4 Å². The minimum Gasteiger partial charge on any atom is -0.474 e. The Morgan fingerprint density at radius 2 is 1.88 bits per heavy atom. The molecule has 0 fully saturated rings. The Labute approximate surface area is 234 Å². The van der Waals surface area contributed by atoms with Crippen LogP contribution >= 0.6 is 0 Å². The fourth-order valence-corrected chi connectivity index (χ4v) is 5.36. The van der Waals surface area contributed by atoms with Crippen LogP contribution in [0, 0.1) is 0 Å². The first kappa shape index (κ1) is 29.6. The quantitative estimate of drug-likeness (QED) is 0.341. The van der Waals surface area contributed by atoms with Crippen molar-refractivity contribution >= 4 is 38.2 Å². The molecular weight excluding hydrogens is 534 g/mol. The molecule has 11 nitrogen and oxygen atoms in total. The van der Waals surface area contributed by atoms with E-state index in [1.54, 1.807) is 38.6 Å². The van der Waals surface area contributed by atoms with Crippen molar-refractivity contribution in [2.75, 3.05) is 25.3 Å². The molecule has 0 saturated heterocycles. The van der Waals surface area contributed by atoms with Gasteiger partial charge in [-0.3, -0.25) is 0 Å². The lowest BCUT2D eigenvalue weighted by Crippen LogP contribution is -2.38. The maximum atomic E-state index is 12.3. The molecule has 3 aromatic heterocycles. The normalized spacial score (nSPS) is 20.2. The number of rotatable bonds is 10. The zero-order chi connectivity index (χ0) is 29.4. The Kier molecular flexibility index (Phi) is 8.34. The number of cyclic esters (lactones) is 1. The summed E-state index contributed by atoms with van der Waals surface area (Å²) in [7, 11) is -1.62. The molecule has 0 spiro atoms. The predicted molar refractivity (Wildman–Crippen MR) is 153 cm³/mol. The van der Waals surface area contributed by atoms with Crippen molar-refractivity contribution in [3.05, 3.63) is 47.4 Å². The molecule has 216 valence electrons. The van der Waals surface area contributed by atoms with Crippen LogP contribution in [0.3, 0.4) is 0 Å². The van der Waals surface area contributed by atoms with Crippen LogP contribution in [0.25, 0.3) is 10.8 Å². The van der Waals surface area contributed by atoms with Crippen molar-refractivity contribution in [2.24, 2.45) is 5.73 Å². The van der Waals surface area contributed by atoms with Gasteiger partial charge in [0.05, 0.1) is 40.1 Å². The van der Waals surface area contributed by atoms with E-state index in [4.69, 9.17) is 24.9 Å². The average Bonchev–Trinajstić information content (AvgIpc) is 2.86. The summed E-state index contributed by atoms with van der Waals surface area (Å²) < 4.78 is 40.7. The number of carbonyl (C=O) groups is 1. The number of nitrogens with zero attached hydrogens (tertiary/aromatic N) is 3. The van der Waals surface area contributed by atoms with Gasteiger partial charge in [0.15, 0.2) is 0 Å². The van der Waals surface area contributed by atoms with E-state index in [1.807, 2.05) is 33.8 Å². The molecule has 3 aromatic rings. The van der Waals surface area contributed by atoms with Crippen molar-refractivity contribution in [3.63, 3.8) is 0 Å². The molecule has 4 heterocycles. The summed E-state index contributed by atoms with van der Waals surface area (Å²) in [5.41, 5.74) is 7.61. The second kappa shape index (κ2) is 11.3. The molecule has 0 unspecified atom stereocenters. The number of anilines is 2. The highest BCUT2D eigenvalue weighted by atomic mass is 32.2. The Morgan fingerprint density at radius 3 is 2.55 bits per heavy atom. The molecule has 4 rings (SSSR count). The van der Waals surface area contributed by atoms with Gasteiger partial charge in [0.25, 0.3) is 0 Å². The summed E-state index contributed by atoms with van der Waals surface area (Å²) in [6.45, 7) is 9.38. The lowest BCUT2D eigenvalue weighted by molar-refractivity contribution is 0.0235. The third kappa shape index (κ3) is 6.18. The smallest absolute Gasteiger partial charge is 0.340 e. The molecule has 0 aromatic carbocycles. The van der Waals surface area contributed by atoms with Crippen molar-refractivity contribution in [3.8, 4) is 5.88 Å². The van der Waals surface area contributed by atoms with Gasteiger partial charge in [-0.15, -0.1) is 0 Å². The zero-order valence-electron chi connectivity index (χ0n) is 23.9. The van der Waals surface area contributed by atoms with Gasteiger partial charge in [-0.05, 0) is 51.3 Å². The van der Waals surface area contributed by atoms with E-state index in [9.17, 15) is 13.2 Å². The number of nitrogens with two attached hydrogens (primary N) is 1. The fraction of sp³-hybridized carbons (Fsp3) is 0.500. The molecule has 0 amide bonds. The Bertz CT molecular complexity index is 1530. The van der Waals surface area contributed by atoms with Crippen LogP contribution in [0.1, 0.15) is 68.6 Å². The van der Waals surface area contributed by atoms with Gasteiger partial charge in [-0.25, -0.2) is 28.2 Å². The fourth-order valence-electron chi connectivity index (χ4n) is 4.74. The van der Waals surface area contributed by atoms with E-state index in [0.717, 1.165) is 10.9 Å². The molecular formula is C28H37N5O6S. The van der Waals surface area contributed by atoms with Gasteiger partial charge in [-0.1, -0.05) is 6.92 Å². The molecule has 0 bridgehead atoms. The van der Waals surface area contributed by atoms with Crippen LogP contribution in [-0.2, 0) is 24.8 Å². The summed E-state index contributed by atoms with van der Waals surface area (Å²) in [5, 5.41) is 4.04. The monoisotopic (exact) mass is 571 g/mol. The summed E-state index contributed by atoms with van der Waals surface area (Å²) in [4.78, 5) is 26.1.